The van der Waals surface area contributed by atoms with Crippen molar-refractivity contribution in [2.24, 2.45) is 0 Å². The van der Waals surface area contributed by atoms with E-state index in [-0.39, 0.29) is 0 Å². The Kier molecular flexibility index (Phi) is 3.94. The number of anilines is 2. The van der Waals surface area contributed by atoms with E-state index in [0.717, 1.165) is 17.1 Å². The maximum Gasteiger partial charge on any atom is 0.228 e. The summed E-state index contributed by atoms with van der Waals surface area (Å²) in [4.78, 5) is 11.6. The molecule has 22 heavy (non-hydrogen) atoms. The van der Waals surface area contributed by atoms with Crippen LogP contribution in [0.3, 0.4) is 0 Å². The van der Waals surface area contributed by atoms with Gasteiger partial charge < -0.3 is 5.32 Å². The molecule has 0 saturated heterocycles. The minimum Gasteiger partial charge on any atom is -0.324 e. The van der Waals surface area contributed by atoms with Gasteiger partial charge in [-0.15, -0.1) is 11.3 Å². The van der Waals surface area contributed by atoms with Crippen LogP contribution in [0.25, 0.3) is 10.6 Å². The quantitative estimate of drug-likeness (QED) is 0.724. The van der Waals surface area contributed by atoms with Crippen molar-refractivity contribution in [3.8, 4) is 10.6 Å². The average Bonchev–Trinajstić information content (AvgIpc) is 2.83. The molecule has 0 unspecified atom stereocenters. The molecule has 112 valence electrons. The molecular weight excluding hydrogens is 290 g/mol. The lowest BCUT2D eigenvalue weighted by atomic mass is 10.1. The van der Waals surface area contributed by atoms with E-state index in [1.54, 1.807) is 11.3 Å². The third-order valence-corrected chi connectivity index (χ3v) is 4.35. The fraction of sp³-hybridized carbons (Fsp3) is 0.222. The lowest BCUT2D eigenvalue weighted by Gasteiger charge is -2.09. The summed E-state index contributed by atoms with van der Waals surface area (Å²) in [7, 11) is 0. The van der Waals surface area contributed by atoms with Gasteiger partial charge in [-0.2, -0.15) is 0 Å². The zero-order chi connectivity index (χ0) is 15.7. The van der Waals surface area contributed by atoms with Crippen molar-refractivity contribution in [1.82, 2.24) is 9.97 Å². The van der Waals surface area contributed by atoms with Crippen molar-refractivity contribution >= 4 is 23.0 Å². The number of hydrogen-bond acceptors (Lipinski definition) is 4. The largest absolute Gasteiger partial charge is 0.324 e. The lowest BCUT2D eigenvalue weighted by molar-refractivity contribution is 1.11. The van der Waals surface area contributed by atoms with Crippen molar-refractivity contribution in [1.29, 1.82) is 0 Å². The second kappa shape index (κ2) is 5.89. The molecule has 1 N–H and O–H groups in total. The number of thiophene rings is 1. The normalized spacial score (nSPS) is 10.7. The van der Waals surface area contributed by atoms with Crippen LogP contribution < -0.4 is 5.32 Å². The number of nitrogens with zero attached hydrogens (tertiary/aromatic N) is 2. The van der Waals surface area contributed by atoms with E-state index in [4.69, 9.17) is 0 Å². The van der Waals surface area contributed by atoms with Gasteiger partial charge in [0.15, 0.2) is 0 Å². The summed E-state index contributed by atoms with van der Waals surface area (Å²) in [5.41, 5.74) is 5.41. The molecule has 0 aliphatic rings. The third kappa shape index (κ3) is 3.34. The van der Waals surface area contributed by atoms with E-state index < -0.39 is 0 Å². The molecule has 3 nitrogen and oxygen atoms in total. The van der Waals surface area contributed by atoms with E-state index >= 15 is 0 Å². The van der Waals surface area contributed by atoms with Gasteiger partial charge >= 0.3 is 0 Å². The molecule has 0 saturated carbocycles. The SMILES string of the molecule is Cc1cc(C)cc(Nc2nc(C)cc(-c3ccc(C)s3)n2)c1. The molecule has 0 aliphatic heterocycles. The molecule has 0 spiro atoms. The smallest absolute Gasteiger partial charge is 0.228 e. The number of aromatic nitrogens is 2. The van der Waals surface area contributed by atoms with Crippen LogP contribution in [0.5, 0.6) is 0 Å². The van der Waals surface area contributed by atoms with Crippen LogP contribution in [-0.4, -0.2) is 9.97 Å². The summed E-state index contributed by atoms with van der Waals surface area (Å²) in [6, 6.07) is 12.6. The van der Waals surface area contributed by atoms with Crippen LogP contribution in [-0.2, 0) is 0 Å². The first-order chi connectivity index (χ1) is 10.5. The predicted molar refractivity (Wildman–Crippen MR) is 94.0 cm³/mol. The van der Waals surface area contributed by atoms with Crippen molar-refractivity contribution in [2.75, 3.05) is 5.32 Å². The van der Waals surface area contributed by atoms with E-state index in [1.807, 2.05) is 13.0 Å². The average molecular weight is 309 g/mol. The zero-order valence-corrected chi connectivity index (χ0v) is 14.1. The highest BCUT2D eigenvalue weighted by atomic mass is 32.1. The highest BCUT2D eigenvalue weighted by Crippen LogP contribution is 2.28. The summed E-state index contributed by atoms with van der Waals surface area (Å²) in [6.07, 6.45) is 0. The Morgan fingerprint density at radius 2 is 1.59 bits per heavy atom. The summed E-state index contributed by atoms with van der Waals surface area (Å²) >= 11 is 1.75. The van der Waals surface area contributed by atoms with Gasteiger partial charge in [-0.3, -0.25) is 0 Å². The number of rotatable bonds is 3. The molecule has 3 rings (SSSR count). The van der Waals surface area contributed by atoms with Gasteiger partial charge in [-0.05, 0) is 69.2 Å². The molecular formula is C18H19N3S. The van der Waals surface area contributed by atoms with E-state index in [0.29, 0.717) is 5.95 Å². The van der Waals surface area contributed by atoms with E-state index in [9.17, 15) is 0 Å². The van der Waals surface area contributed by atoms with Gasteiger partial charge in [0.1, 0.15) is 0 Å². The van der Waals surface area contributed by atoms with E-state index in [1.165, 1.54) is 20.9 Å². The molecule has 0 bridgehead atoms. The fourth-order valence-electron chi connectivity index (χ4n) is 2.50. The zero-order valence-electron chi connectivity index (χ0n) is 13.3. The van der Waals surface area contributed by atoms with Gasteiger partial charge in [0, 0.05) is 16.3 Å². The molecule has 0 atom stereocenters. The van der Waals surface area contributed by atoms with Crippen LogP contribution in [0.4, 0.5) is 11.6 Å². The minimum atomic E-state index is 0.644. The van der Waals surface area contributed by atoms with Gasteiger partial charge in [-0.1, -0.05) is 6.07 Å². The molecule has 2 heterocycles. The first-order valence-electron chi connectivity index (χ1n) is 7.27. The number of benzene rings is 1. The van der Waals surface area contributed by atoms with Crippen LogP contribution in [0.1, 0.15) is 21.7 Å². The summed E-state index contributed by atoms with van der Waals surface area (Å²) in [6.45, 7) is 8.29. The molecule has 2 aromatic heterocycles. The topological polar surface area (TPSA) is 37.8 Å². The van der Waals surface area contributed by atoms with Gasteiger partial charge in [0.25, 0.3) is 0 Å². The van der Waals surface area contributed by atoms with Crippen LogP contribution in [0, 0.1) is 27.7 Å². The highest BCUT2D eigenvalue weighted by Gasteiger charge is 2.07. The molecule has 0 radical (unpaired) electrons. The van der Waals surface area contributed by atoms with Crippen LogP contribution >= 0.6 is 11.3 Å². The third-order valence-electron chi connectivity index (χ3n) is 3.32. The number of hydrogen-bond donors (Lipinski definition) is 1. The molecule has 1 aromatic carbocycles. The Hall–Kier alpha value is -2.20. The second-order valence-corrected chi connectivity index (χ2v) is 6.92. The maximum absolute atomic E-state index is 4.66. The van der Waals surface area contributed by atoms with Crippen molar-refractivity contribution < 1.29 is 0 Å². The van der Waals surface area contributed by atoms with Crippen LogP contribution in [0.2, 0.25) is 0 Å². The summed E-state index contributed by atoms with van der Waals surface area (Å²) < 4.78 is 0. The molecule has 0 amide bonds. The highest BCUT2D eigenvalue weighted by molar-refractivity contribution is 7.15. The summed E-state index contributed by atoms with van der Waals surface area (Å²) in [5.74, 6) is 0.644. The standard InChI is InChI=1S/C18H19N3S/c1-11-7-12(2)9-15(8-11)20-18-19-13(3)10-16(21-18)17-6-5-14(4)22-17/h5-10H,1-4H3,(H,19,20,21). The van der Waals surface area contributed by atoms with Gasteiger partial charge in [-0.25, -0.2) is 9.97 Å². The Labute approximate surface area is 135 Å². The van der Waals surface area contributed by atoms with Gasteiger partial charge in [0.05, 0.1) is 10.6 Å². The van der Waals surface area contributed by atoms with E-state index in [2.05, 4.69) is 66.4 Å². The van der Waals surface area contributed by atoms with Crippen molar-refractivity contribution in [3.63, 3.8) is 0 Å². The monoisotopic (exact) mass is 309 g/mol. The Morgan fingerprint density at radius 3 is 2.23 bits per heavy atom. The molecule has 4 heteroatoms. The Bertz CT molecular complexity index is 801. The summed E-state index contributed by atoms with van der Waals surface area (Å²) in [5, 5.41) is 3.33. The predicted octanol–water partition coefficient (Wildman–Crippen LogP) is 5.18. The Balaban J connectivity index is 1.95. The van der Waals surface area contributed by atoms with Crippen molar-refractivity contribution in [3.05, 3.63) is 58.1 Å². The number of aryl methyl sites for hydroxylation is 4. The minimum absolute atomic E-state index is 0.644. The first kappa shape index (κ1) is 14.7. The second-order valence-electron chi connectivity index (χ2n) is 5.63. The Morgan fingerprint density at radius 1 is 0.864 bits per heavy atom. The van der Waals surface area contributed by atoms with Gasteiger partial charge in [0.2, 0.25) is 5.95 Å². The molecule has 0 fully saturated rings. The van der Waals surface area contributed by atoms with Crippen LogP contribution in [0.15, 0.2) is 36.4 Å². The first-order valence-corrected chi connectivity index (χ1v) is 8.09. The molecule has 0 aliphatic carbocycles. The lowest BCUT2D eigenvalue weighted by Crippen LogP contribution is -2.00. The molecule has 3 aromatic rings. The van der Waals surface area contributed by atoms with Crippen molar-refractivity contribution in [2.45, 2.75) is 27.7 Å². The fourth-order valence-corrected chi connectivity index (χ4v) is 3.33. The number of nitrogens with one attached hydrogen (secondary N) is 1. The maximum atomic E-state index is 4.66.